The molecule has 12 heteroatoms. The monoisotopic (exact) mass is 814 g/mol. The van der Waals surface area contributed by atoms with Crippen LogP contribution in [-0.2, 0) is 38.5 Å². The zero-order valence-corrected chi connectivity index (χ0v) is 35.4. The fourth-order valence-electron chi connectivity index (χ4n) is 9.29. The van der Waals surface area contributed by atoms with Gasteiger partial charge in [-0.05, 0) is 133 Å². The highest BCUT2D eigenvalue weighted by Gasteiger charge is 2.33. The lowest BCUT2D eigenvalue weighted by atomic mass is 9.85. The van der Waals surface area contributed by atoms with E-state index in [4.69, 9.17) is 0 Å². The first-order chi connectivity index (χ1) is 28.6. The van der Waals surface area contributed by atoms with Crippen LogP contribution in [0.5, 0.6) is 0 Å². The SMILES string of the molecule is CCc1c(C(c2ccc(CCc3ccc(C(c4[nH]c(C(=O)O)c(C)c4CC)c4[nH]c(C(=O)O)c(C)c4CC)cc3)cc2)c2[nH]c(C(=O)O)c(C)c2CC)[nH]c(C(=O)O)c1C. The molecule has 314 valence electrons. The first kappa shape index (κ1) is 43.0. The van der Waals surface area contributed by atoms with Crippen molar-refractivity contribution in [3.63, 3.8) is 0 Å². The van der Waals surface area contributed by atoms with Crippen molar-refractivity contribution in [1.29, 1.82) is 0 Å². The Bertz CT molecular complexity index is 2290. The van der Waals surface area contributed by atoms with Crippen molar-refractivity contribution in [2.75, 3.05) is 0 Å². The molecule has 6 rings (SSSR count). The molecular weight excluding hydrogens is 761 g/mol. The lowest BCUT2D eigenvalue weighted by Crippen LogP contribution is -2.10. The number of aromatic nitrogens is 4. The molecule has 0 fully saturated rings. The van der Waals surface area contributed by atoms with Crippen molar-refractivity contribution in [2.45, 2.75) is 106 Å². The van der Waals surface area contributed by atoms with Crippen molar-refractivity contribution in [3.8, 4) is 0 Å². The van der Waals surface area contributed by atoms with E-state index in [2.05, 4.69) is 44.2 Å². The van der Waals surface area contributed by atoms with Gasteiger partial charge in [-0.15, -0.1) is 0 Å². The quantitative estimate of drug-likeness (QED) is 0.0443. The fraction of sp³-hybridized carbons (Fsp3) is 0.333. The molecule has 0 saturated carbocycles. The zero-order chi connectivity index (χ0) is 43.7. The number of aryl methyl sites for hydroxylation is 2. The van der Waals surface area contributed by atoms with Gasteiger partial charge in [0.15, 0.2) is 0 Å². The summed E-state index contributed by atoms with van der Waals surface area (Å²) in [6, 6.07) is 16.4. The van der Waals surface area contributed by atoms with E-state index in [0.29, 0.717) is 47.9 Å². The predicted molar refractivity (Wildman–Crippen MR) is 230 cm³/mol. The Labute approximate surface area is 349 Å². The highest BCUT2D eigenvalue weighted by molar-refractivity contribution is 5.90. The molecule has 0 aliphatic rings. The summed E-state index contributed by atoms with van der Waals surface area (Å²) in [6.45, 7) is 15.1. The van der Waals surface area contributed by atoms with Gasteiger partial charge in [0.2, 0.25) is 0 Å². The maximum absolute atomic E-state index is 12.2. The Morgan fingerprint density at radius 2 is 0.633 bits per heavy atom. The van der Waals surface area contributed by atoms with E-state index < -0.39 is 35.7 Å². The second-order valence-corrected chi connectivity index (χ2v) is 15.6. The number of carboxylic acids is 4. The second kappa shape index (κ2) is 17.3. The van der Waals surface area contributed by atoms with Crippen LogP contribution in [-0.4, -0.2) is 64.2 Å². The molecule has 0 atom stereocenters. The number of carboxylic acid groups (broad SMARTS) is 4. The summed E-state index contributed by atoms with van der Waals surface area (Å²) in [6.07, 6.45) is 3.81. The molecule has 0 bridgehead atoms. The number of nitrogens with one attached hydrogen (secondary N) is 4. The number of hydrogen-bond acceptors (Lipinski definition) is 4. The summed E-state index contributed by atoms with van der Waals surface area (Å²) in [5.74, 6) is -5.13. The van der Waals surface area contributed by atoms with Gasteiger partial charge < -0.3 is 40.4 Å². The van der Waals surface area contributed by atoms with Crippen LogP contribution in [0, 0.1) is 27.7 Å². The second-order valence-electron chi connectivity index (χ2n) is 15.6. The Kier molecular flexibility index (Phi) is 12.4. The van der Waals surface area contributed by atoms with Crippen molar-refractivity contribution in [1.82, 2.24) is 19.9 Å². The van der Waals surface area contributed by atoms with Crippen LogP contribution < -0.4 is 0 Å². The van der Waals surface area contributed by atoms with E-state index in [1.54, 1.807) is 27.7 Å². The first-order valence-corrected chi connectivity index (χ1v) is 20.5. The number of benzene rings is 2. The summed E-state index contributed by atoms with van der Waals surface area (Å²) in [7, 11) is 0. The Balaban J connectivity index is 1.34. The summed E-state index contributed by atoms with van der Waals surface area (Å²) in [4.78, 5) is 61.8. The smallest absolute Gasteiger partial charge is 0.352 e. The molecule has 8 N–H and O–H groups in total. The molecule has 4 aromatic heterocycles. The maximum Gasteiger partial charge on any atom is 0.352 e. The van der Waals surface area contributed by atoms with Crippen LogP contribution in [0.3, 0.4) is 0 Å². The van der Waals surface area contributed by atoms with Gasteiger partial charge in [-0.2, -0.15) is 0 Å². The van der Waals surface area contributed by atoms with Gasteiger partial charge in [-0.25, -0.2) is 19.2 Å². The fourth-order valence-corrected chi connectivity index (χ4v) is 9.29. The van der Waals surface area contributed by atoms with Crippen LogP contribution in [0.25, 0.3) is 0 Å². The molecule has 0 amide bonds. The largest absolute Gasteiger partial charge is 0.477 e. The van der Waals surface area contributed by atoms with Crippen LogP contribution in [0.1, 0.15) is 171 Å². The standard InChI is InChI=1S/C48H54N4O8/c1-9-31-23(5)37(45(53)54)49-41(31)35(42-32(10-2)24(6)38(50-42)46(55)56)29-19-15-27(16-20-29)13-14-28-17-21-30(22-18-28)36(43-33(11-3)25(7)39(51-43)47(57)58)44-34(12-4)26(8)40(52-44)48(59)60/h15-22,35-36,49-52H,9-14H2,1-8H3,(H,53,54)(H,55,56)(H,57,58)(H,59,60). The lowest BCUT2D eigenvalue weighted by Gasteiger charge is -2.21. The van der Waals surface area contributed by atoms with Crippen LogP contribution in [0.4, 0.5) is 0 Å². The summed E-state index contributed by atoms with van der Waals surface area (Å²) in [5.41, 5.74) is 13.6. The number of hydrogen-bond donors (Lipinski definition) is 8. The highest BCUT2D eigenvalue weighted by atomic mass is 16.4. The highest BCUT2D eigenvalue weighted by Crippen LogP contribution is 2.41. The summed E-state index contributed by atoms with van der Waals surface area (Å²) < 4.78 is 0. The Morgan fingerprint density at radius 3 is 0.817 bits per heavy atom. The van der Waals surface area contributed by atoms with E-state index in [0.717, 1.165) is 80.1 Å². The van der Waals surface area contributed by atoms with Gasteiger partial charge in [-0.3, -0.25) is 0 Å². The van der Waals surface area contributed by atoms with E-state index in [9.17, 15) is 39.6 Å². The summed E-state index contributed by atoms with van der Waals surface area (Å²) >= 11 is 0. The molecule has 0 radical (unpaired) electrons. The maximum atomic E-state index is 12.2. The molecule has 0 saturated heterocycles. The third-order valence-corrected chi connectivity index (χ3v) is 12.4. The van der Waals surface area contributed by atoms with Crippen LogP contribution in [0.15, 0.2) is 48.5 Å². The van der Waals surface area contributed by atoms with Crippen molar-refractivity contribution >= 4 is 23.9 Å². The molecule has 6 aromatic rings. The van der Waals surface area contributed by atoms with E-state index >= 15 is 0 Å². The van der Waals surface area contributed by atoms with E-state index in [1.807, 2.05) is 52.0 Å². The molecule has 0 aliphatic heterocycles. The van der Waals surface area contributed by atoms with Crippen molar-refractivity contribution in [2.24, 2.45) is 0 Å². The number of rotatable bonds is 17. The average Bonchev–Trinajstić information content (AvgIpc) is 3.94. The molecule has 60 heavy (non-hydrogen) atoms. The topological polar surface area (TPSA) is 212 Å². The van der Waals surface area contributed by atoms with Gasteiger partial charge in [0, 0.05) is 22.8 Å². The summed E-state index contributed by atoms with van der Waals surface area (Å²) in [5, 5.41) is 40.1. The van der Waals surface area contributed by atoms with Gasteiger partial charge in [-0.1, -0.05) is 76.2 Å². The van der Waals surface area contributed by atoms with Crippen LogP contribution >= 0.6 is 0 Å². The minimum atomic E-state index is -1.05. The number of H-pyrrole nitrogens is 4. The molecule has 2 aromatic carbocycles. The molecule has 12 nitrogen and oxygen atoms in total. The predicted octanol–water partition coefficient (Wildman–Crippen LogP) is 9.42. The minimum Gasteiger partial charge on any atom is -0.477 e. The zero-order valence-electron chi connectivity index (χ0n) is 35.4. The molecule has 0 aliphatic carbocycles. The van der Waals surface area contributed by atoms with Gasteiger partial charge >= 0.3 is 23.9 Å². The Morgan fingerprint density at radius 1 is 0.417 bits per heavy atom. The Hall–Kier alpha value is -6.56. The minimum absolute atomic E-state index is 0.123. The van der Waals surface area contributed by atoms with Crippen molar-refractivity contribution < 1.29 is 39.6 Å². The number of aromatic amines is 4. The molecule has 0 spiro atoms. The van der Waals surface area contributed by atoms with Gasteiger partial charge in [0.1, 0.15) is 22.8 Å². The van der Waals surface area contributed by atoms with E-state index in [1.165, 1.54) is 0 Å². The van der Waals surface area contributed by atoms with Gasteiger partial charge in [0.05, 0.1) is 11.8 Å². The van der Waals surface area contributed by atoms with Gasteiger partial charge in [0.25, 0.3) is 0 Å². The number of carbonyl (C=O) groups is 4. The first-order valence-electron chi connectivity index (χ1n) is 20.5. The third-order valence-electron chi connectivity index (χ3n) is 12.4. The average molecular weight is 815 g/mol. The van der Waals surface area contributed by atoms with Crippen LogP contribution in [0.2, 0.25) is 0 Å². The molecular formula is C48H54N4O8. The molecule has 4 heterocycles. The third kappa shape index (κ3) is 7.69. The van der Waals surface area contributed by atoms with E-state index in [-0.39, 0.29) is 22.8 Å². The van der Waals surface area contributed by atoms with Crippen molar-refractivity contribution in [3.05, 3.63) is 161 Å². The number of aromatic carboxylic acids is 4. The molecule has 0 unspecified atom stereocenters. The lowest BCUT2D eigenvalue weighted by molar-refractivity contribution is 0.0679. The normalized spacial score (nSPS) is 11.6.